The number of pyridine rings is 1. The molecule has 3 aromatic heterocycles. The summed E-state index contributed by atoms with van der Waals surface area (Å²) in [6, 6.07) is 13.0. The lowest BCUT2D eigenvalue weighted by Crippen LogP contribution is -2.34. The average Bonchev–Trinajstić information content (AvgIpc) is 3.55. The van der Waals surface area contributed by atoms with Crippen LogP contribution in [0.2, 0.25) is 5.15 Å². The van der Waals surface area contributed by atoms with Crippen molar-refractivity contribution in [3.8, 4) is 5.88 Å². The molecule has 13 heteroatoms. The summed E-state index contributed by atoms with van der Waals surface area (Å²) < 4.78 is 33.6. The summed E-state index contributed by atoms with van der Waals surface area (Å²) >= 11 is 7.66. The summed E-state index contributed by atoms with van der Waals surface area (Å²) in [5.74, 6) is -1.25. The van der Waals surface area contributed by atoms with Gasteiger partial charge in [0.15, 0.2) is 0 Å². The molecule has 0 spiro atoms. The molecule has 1 aliphatic rings. The van der Waals surface area contributed by atoms with Crippen molar-refractivity contribution in [2.24, 2.45) is 7.05 Å². The molecule has 10 nitrogen and oxygen atoms in total. The Kier molecular flexibility index (Phi) is 7.62. The van der Waals surface area contributed by atoms with Gasteiger partial charge in [-0.1, -0.05) is 35.9 Å². The van der Waals surface area contributed by atoms with E-state index in [9.17, 15) is 19.0 Å². The zero-order chi connectivity index (χ0) is 29.8. The third-order valence-electron chi connectivity index (χ3n) is 7.82. The first-order chi connectivity index (χ1) is 20.1. The lowest BCUT2D eigenvalue weighted by Gasteiger charge is -2.41. The molecule has 2 aromatic carbocycles. The van der Waals surface area contributed by atoms with Gasteiger partial charge in [0.2, 0.25) is 5.88 Å². The number of halogens is 1. The van der Waals surface area contributed by atoms with Gasteiger partial charge < -0.3 is 9.84 Å². The number of thiophene rings is 1. The van der Waals surface area contributed by atoms with Crippen molar-refractivity contribution in [3.63, 3.8) is 0 Å². The minimum absolute atomic E-state index is 0.119. The first-order valence-corrected chi connectivity index (χ1v) is 16.2. The van der Waals surface area contributed by atoms with Gasteiger partial charge in [0.1, 0.15) is 21.7 Å². The van der Waals surface area contributed by atoms with Gasteiger partial charge in [-0.05, 0) is 76.7 Å². The molecule has 42 heavy (non-hydrogen) atoms. The number of carboxylic acids is 1. The maximum atomic E-state index is 12.2. The van der Waals surface area contributed by atoms with E-state index < -0.39 is 22.7 Å². The topological polar surface area (TPSA) is 134 Å². The van der Waals surface area contributed by atoms with Gasteiger partial charge in [-0.25, -0.2) is 4.68 Å². The zero-order valence-corrected chi connectivity index (χ0v) is 25.6. The number of ether oxygens (including phenoxy) is 1. The van der Waals surface area contributed by atoms with Crippen molar-refractivity contribution in [2.45, 2.75) is 50.2 Å². The number of rotatable bonds is 7. The number of aryl methyl sites for hydroxylation is 2. The standard InChI is InChI=1S/C29H30ClN5O5S2/c1-4-20-15-35(42(38,39)24-7-8-25(30)31-29(24)40-20)14-19-12-18(11-17-9-10-41-28(17)19)22(13-26(36)37)21-5-6-23-27(16(21)2)32-33-34(23)3/h5-12,20,22,38-39H,4,13-15H2,1-3H3,(H,36,37)/t20-,22-/m1/s1. The fourth-order valence-corrected chi connectivity index (χ4v) is 8.21. The Morgan fingerprint density at radius 3 is 2.81 bits per heavy atom. The van der Waals surface area contributed by atoms with Crippen LogP contribution in [0.15, 0.2) is 52.7 Å². The average molecular weight is 628 g/mol. The quantitative estimate of drug-likeness (QED) is 0.166. The SMILES string of the molecule is CC[C@@H]1CN(Cc2cc([C@@H](CC(=O)O)c3ccc4c(nnn4C)c3C)cc3ccsc23)S(O)(O)c2ccc(Cl)nc2O1. The molecule has 0 saturated carbocycles. The molecule has 4 heterocycles. The summed E-state index contributed by atoms with van der Waals surface area (Å²) in [5.41, 5.74) is 5.04. The maximum absolute atomic E-state index is 12.2. The summed E-state index contributed by atoms with van der Waals surface area (Å²) in [4.78, 5) is 16.6. The largest absolute Gasteiger partial charge is 0.481 e. The Labute approximate surface area is 253 Å². The summed E-state index contributed by atoms with van der Waals surface area (Å²) in [6.45, 7) is 4.37. The minimum Gasteiger partial charge on any atom is -0.481 e. The molecule has 0 aliphatic carbocycles. The monoisotopic (exact) mass is 627 g/mol. The number of hydrogen-bond acceptors (Lipinski definition) is 9. The number of carboxylic acid groups (broad SMARTS) is 1. The number of aromatic nitrogens is 4. The van der Waals surface area contributed by atoms with Crippen molar-refractivity contribution >= 4 is 60.8 Å². The third-order valence-corrected chi connectivity index (χ3v) is 10.9. The minimum atomic E-state index is -3.48. The van der Waals surface area contributed by atoms with Gasteiger partial charge in [0.05, 0.1) is 18.5 Å². The Balaban J connectivity index is 1.46. The number of carbonyl (C=O) groups is 1. The van der Waals surface area contributed by atoms with Crippen LogP contribution in [0.5, 0.6) is 5.88 Å². The lowest BCUT2D eigenvalue weighted by molar-refractivity contribution is -0.137. The van der Waals surface area contributed by atoms with Gasteiger partial charge in [0, 0.05) is 24.2 Å². The zero-order valence-electron chi connectivity index (χ0n) is 23.2. The van der Waals surface area contributed by atoms with Crippen LogP contribution >= 0.6 is 33.7 Å². The number of nitrogens with zero attached hydrogens (tertiary/aromatic N) is 5. The van der Waals surface area contributed by atoms with Crippen LogP contribution in [-0.2, 0) is 18.4 Å². The Morgan fingerprint density at radius 2 is 2.05 bits per heavy atom. The van der Waals surface area contributed by atoms with E-state index in [1.807, 2.05) is 56.6 Å². The van der Waals surface area contributed by atoms with Crippen LogP contribution in [0.1, 0.15) is 47.9 Å². The highest BCUT2D eigenvalue weighted by atomic mass is 35.5. The molecule has 0 fully saturated rings. The number of fused-ring (bicyclic) bond motifs is 3. The maximum Gasteiger partial charge on any atom is 0.304 e. The fraction of sp³-hybridized carbons (Fsp3) is 0.310. The molecule has 220 valence electrons. The molecule has 0 saturated heterocycles. The van der Waals surface area contributed by atoms with E-state index in [4.69, 9.17) is 16.3 Å². The first kappa shape index (κ1) is 28.8. The molecule has 0 radical (unpaired) electrons. The molecular formula is C29H30ClN5O5S2. The lowest BCUT2D eigenvalue weighted by atomic mass is 9.84. The normalized spacial score (nSPS) is 18.4. The molecule has 2 atom stereocenters. The third kappa shape index (κ3) is 5.12. The first-order valence-electron chi connectivity index (χ1n) is 13.4. The van der Waals surface area contributed by atoms with Crippen LogP contribution in [-0.4, -0.2) is 57.1 Å². The van der Waals surface area contributed by atoms with E-state index in [2.05, 4.69) is 15.3 Å². The highest BCUT2D eigenvalue weighted by Crippen LogP contribution is 2.57. The van der Waals surface area contributed by atoms with Crippen LogP contribution in [0.25, 0.3) is 21.1 Å². The second-order valence-electron chi connectivity index (χ2n) is 10.5. The Bertz CT molecular complexity index is 1820. The van der Waals surface area contributed by atoms with Crippen molar-refractivity contribution in [1.82, 2.24) is 24.3 Å². The summed E-state index contributed by atoms with van der Waals surface area (Å²) in [7, 11) is -1.66. The predicted octanol–water partition coefficient (Wildman–Crippen LogP) is 6.84. The van der Waals surface area contributed by atoms with Crippen LogP contribution in [0, 0.1) is 6.92 Å². The summed E-state index contributed by atoms with van der Waals surface area (Å²) in [5, 5.41) is 21.6. The molecule has 3 N–H and O–H groups in total. The molecule has 5 aromatic rings. The van der Waals surface area contributed by atoms with E-state index in [-0.39, 0.29) is 41.5 Å². The van der Waals surface area contributed by atoms with Gasteiger partial charge in [-0.3, -0.25) is 13.9 Å². The van der Waals surface area contributed by atoms with Gasteiger partial charge in [0.25, 0.3) is 0 Å². The molecule has 0 unspecified atom stereocenters. The smallest absolute Gasteiger partial charge is 0.304 e. The van der Waals surface area contributed by atoms with E-state index in [0.29, 0.717) is 6.42 Å². The van der Waals surface area contributed by atoms with Crippen LogP contribution in [0.4, 0.5) is 0 Å². The van der Waals surface area contributed by atoms with Crippen LogP contribution < -0.4 is 4.74 Å². The second-order valence-corrected chi connectivity index (χ2v) is 13.8. The molecule has 6 rings (SSSR count). The molecular weight excluding hydrogens is 598 g/mol. The van der Waals surface area contributed by atoms with Gasteiger partial charge in [-0.15, -0.1) is 27.2 Å². The highest BCUT2D eigenvalue weighted by molar-refractivity contribution is 8.22. The number of aliphatic carboxylic acids is 1. The van der Waals surface area contributed by atoms with Gasteiger partial charge in [-0.2, -0.15) is 9.29 Å². The highest BCUT2D eigenvalue weighted by Gasteiger charge is 2.36. The number of hydrogen-bond donors (Lipinski definition) is 3. The molecule has 1 aliphatic heterocycles. The second kappa shape index (κ2) is 11.1. The van der Waals surface area contributed by atoms with E-state index in [1.54, 1.807) is 26.4 Å². The van der Waals surface area contributed by atoms with E-state index in [0.717, 1.165) is 43.4 Å². The van der Waals surface area contributed by atoms with Crippen molar-refractivity contribution in [1.29, 1.82) is 0 Å². The predicted molar refractivity (Wildman–Crippen MR) is 165 cm³/mol. The van der Waals surface area contributed by atoms with Crippen LogP contribution in [0.3, 0.4) is 0 Å². The van der Waals surface area contributed by atoms with Crippen molar-refractivity contribution < 1.29 is 23.7 Å². The number of benzene rings is 2. The fourth-order valence-electron chi connectivity index (χ4n) is 5.63. The van der Waals surface area contributed by atoms with E-state index >= 15 is 0 Å². The van der Waals surface area contributed by atoms with Crippen molar-refractivity contribution in [3.05, 3.63) is 75.3 Å². The Hall–Kier alpha value is -3.26. The molecule has 0 amide bonds. The summed E-state index contributed by atoms with van der Waals surface area (Å²) in [6.07, 6.45) is 0.164. The van der Waals surface area contributed by atoms with Gasteiger partial charge >= 0.3 is 5.97 Å². The molecule has 0 bridgehead atoms. The Morgan fingerprint density at radius 1 is 1.24 bits per heavy atom. The van der Waals surface area contributed by atoms with Crippen molar-refractivity contribution in [2.75, 3.05) is 6.54 Å². The van der Waals surface area contributed by atoms with E-state index in [1.165, 1.54) is 6.07 Å².